The summed E-state index contributed by atoms with van der Waals surface area (Å²) in [7, 11) is 1.35. The molecule has 3 atom stereocenters. The minimum absolute atomic E-state index is 0.0250. The first-order valence-corrected chi connectivity index (χ1v) is 8.91. The zero-order valence-corrected chi connectivity index (χ0v) is 15.2. The molecular weight excluding hydrogens is 342 g/mol. The number of ether oxygens (including phenoxy) is 1. The zero-order valence-electron chi connectivity index (χ0n) is 15.2. The fourth-order valence-corrected chi connectivity index (χ4v) is 4.68. The van der Waals surface area contributed by atoms with Crippen LogP contribution in [0.4, 0.5) is 0 Å². The van der Waals surface area contributed by atoms with E-state index in [4.69, 9.17) is 4.74 Å². The van der Waals surface area contributed by atoms with Crippen molar-refractivity contribution >= 4 is 11.8 Å². The number of nitriles is 1. The number of H-pyrrole nitrogens is 1. The first-order valence-electron chi connectivity index (χ1n) is 8.91. The molecule has 0 saturated heterocycles. The number of hydrogen-bond acceptors (Lipinski definition) is 5. The number of aromatic amines is 1. The molecule has 136 valence electrons. The summed E-state index contributed by atoms with van der Waals surface area (Å²) < 4.78 is 4.87. The summed E-state index contributed by atoms with van der Waals surface area (Å²) in [6, 6.07) is 9.30. The van der Waals surface area contributed by atoms with E-state index in [0.717, 1.165) is 29.7 Å². The van der Waals surface area contributed by atoms with Gasteiger partial charge >= 0.3 is 5.97 Å². The summed E-state index contributed by atoms with van der Waals surface area (Å²) >= 11 is 0. The fourth-order valence-electron chi connectivity index (χ4n) is 4.68. The number of fused-ring (bicyclic) bond motifs is 3. The predicted molar refractivity (Wildman–Crippen MR) is 96.8 cm³/mol. The molecule has 0 bridgehead atoms. The van der Waals surface area contributed by atoms with Gasteiger partial charge in [0.2, 0.25) is 0 Å². The van der Waals surface area contributed by atoms with E-state index < -0.39 is 11.4 Å². The van der Waals surface area contributed by atoms with Crippen LogP contribution < -0.4 is 0 Å². The quantitative estimate of drug-likeness (QED) is 0.830. The molecule has 0 radical (unpaired) electrons. The van der Waals surface area contributed by atoms with Crippen molar-refractivity contribution in [3.05, 3.63) is 64.5 Å². The number of aryl methyl sites for hydroxylation is 1. The van der Waals surface area contributed by atoms with Crippen LogP contribution >= 0.6 is 0 Å². The van der Waals surface area contributed by atoms with E-state index in [2.05, 4.69) is 16.3 Å². The number of carbonyl (C=O) groups is 2. The Hall–Kier alpha value is -3.20. The van der Waals surface area contributed by atoms with Crippen molar-refractivity contribution in [2.45, 2.75) is 25.2 Å². The van der Waals surface area contributed by atoms with E-state index in [1.165, 1.54) is 7.11 Å². The van der Waals surface area contributed by atoms with Gasteiger partial charge in [0, 0.05) is 5.92 Å². The molecule has 1 aromatic carbocycles. The van der Waals surface area contributed by atoms with Gasteiger partial charge in [-0.25, -0.2) is 4.79 Å². The lowest BCUT2D eigenvalue weighted by atomic mass is 9.54. The molecule has 0 spiro atoms. The van der Waals surface area contributed by atoms with E-state index in [0.29, 0.717) is 5.56 Å². The van der Waals surface area contributed by atoms with Crippen molar-refractivity contribution in [1.29, 1.82) is 5.26 Å². The molecule has 0 unspecified atom stereocenters. The Kier molecular flexibility index (Phi) is 3.96. The Morgan fingerprint density at radius 1 is 1.44 bits per heavy atom. The fraction of sp³-hybridized carbons (Fsp3) is 0.333. The summed E-state index contributed by atoms with van der Waals surface area (Å²) in [5.74, 6) is -0.870. The molecule has 6 heteroatoms. The smallest absolute Gasteiger partial charge is 0.337 e. The number of ketones is 1. The van der Waals surface area contributed by atoms with Gasteiger partial charge in [-0.3, -0.25) is 9.89 Å². The zero-order chi connectivity index (χ0) is 19.2. The highest BCUT2D eigenvalue weighted by atomic mass is 16.5. The van der Waals surface area contributed by atoms with Gasteiger partial charge in [0.1, 0.15) is 6.07 Å². The van der Waals surface area contributed by atoms with Gasteiger partial charge in [0.15, 0.2) is 5.78 Å². The highest BCUT2D eigenvalue weighted by molar-refractivity contribution is 6.02. The Morgan fingerprint density at radius 3 is 3.00 bits per heavy atom. The molecule has 0 fully saturated rings. The topological polar surface area (TPSA) is 95.8 Å². The molecule has 27 heavy (non-hydrogen) atoms. The van der Waals surface area contributed by atoms with Crippen molar-refractivity contribution < 1.29 is 14.3 Å². The second-order valence-corrected chi connectivity index (χ2v) is 7.18. The maximum Gasteiger partial charge on any atom is 0.337 e. The second kappa shape index (κ2) is 6.20. The van der Waals surface area contributed by atoms with Gasteiger partial charge in [0.25, 0.3) is 0 Å². The van der Waals surface area contributed by atoms with Gasteiger partial charge in [-0.2, -0.15) is 10.4 Å². The van der Waals surface area contributed by atoms with Crippen LogP contribution in [0.15, 0.2) is 42.1 Å². The Bertz CT molecular complexity index is 1010. The molecular formula is C21H19N3O3. The minimum Gasteiger partial charge on any atom is -0.465 e. The van der Waals surface area contributed by atoms with Crippen LogP contribution in [0.3, 0.4) is 0 Å². The van der Waals surface area contributed by atoms with E-state index in [1.54, 1.807) is 30.5 Å². The predicted octanol–water partition coefficient (Wildman–Crippen LogP) is 2.71. The number of rotatable bonds is 2. The van der Waals surface area contributed by atoms with Gasteiger partial charge in [-0.05, 0) is 48.1 Å². The lowest BCUT2D eigenvalue weighted by molar-refractivity contribution is -0.121. The molecule has 6 nitrogen and oxygen atoms in total. The number of aromatic nitrogens is 2. The van der Waals surface area contributed by atoms with Crippen molar-refractivity contribution in [3.8, 4) is 6.07 Å². The normalized spacial score (nSPS) is 26.4. The largest absolute Gasteiger partial charge is 0.465 e. The molecule has 4 rings (SSSR count). The number of carbonyl (C=O) groups excluding carboxylic acids is 2. The molecule has 1 heterocycles. The van der Waals surface area contributed by atoms with Crippen LogP contribution in [0.1, 0.15) is 40.5 Å². The molecule has 0 amide bonds. The third-order valence-electron chi connectivity index (χ3n) is 5.98. The number of hydrogen-bond donors (Lipinski definition) is 1. The van der Waals surface area contributed by atoms with E-state index in [-0.39, 0.29) is 23.2 Å². The van der Waals surface area contributed by atoms with Crippen LogP contribution in [-0.4, -0.2) is 29.1 Å². The Labute approximate surface area is 156 Å². The number of esters is 1. The number of Topliss-reactive ketones (excluding diaryl/α,β-unsaturated/α-hetero) is 1. The molecule has 1 N–H and O–H groups in total. The number of allylic oxidation sites excluding steroid dienone is 2. The number of methoxy groups -OCH3 is 1. The molecule has 1 aromatic heterocycles. The molecule has 0 aliphatic heterocycles. The second-order valence-electron chi connectivity index (χ2n) is 7.18. The highest BCUT2D eigenvalue weighted by Crippen LogP contribution is 2.53. The van der Waals surface area contributed by atoms with E-state index in [1.807, 2.05) is 13.0 Å². The van der Waals surface area contributed by atoms with Crippen LogP contribution in [-0.2, 0) is 21.4 Å². The average molecular weight is 361 g/mol. The monoisotopic (exact) mass is 361 g/mol. The van der Waals surface area contributed by atoms with E-state index in [9.17, 15) is 14.9 Å². The summed E-state index contributed by atoms with van der Waals surface area (Å²) in [6.45, 7) is 1.89. The van der Waals surface area contributed by atoms with Gasteiger partial charge in [-0.1, -0.05) is 19.1 Å². The number of nitrogens with one attached hydrogen (secondary N) is 1. The van der Waals surface area contributed by atoms with Crippen molar-refractivity contribution in [2.75, 3.05) is 7.11 Å². The first-order chi connectivity index (χ1) is 13.0. The van der Waals surface area contributed by atoms with Gasteiger partial charge < -0.3 is 4.74 Å². The van der Waals surface area contributed by atoms with Gasteiger partial charge in [0.05, 0.1) is 35.6 Å². The average Bonchev–Trinajstić information content (AvgIpc) is 3.19. The van der Waals surface area contributed by atoms with E-state index >= 15 is 0 Å². The molecule has 2 aliphatic carbocycles. The summed E-state index contributed by atoms with van der Waals surface area (Å²) in [4.78, 5) is 24.7. The van der Waals surface area contributed by atoms with Crippen molar-refractivity contribution in [1.82, 2.24) is 10.2 Å². The van der Waals surface area contributed by atoms with Crippen LogP contribution in [0.2, 0.25) is 0 Å². The highest BCUT2D eigenvalue weighted by Gasteiger charge is 2.52. The Morgan fingerprint density at radius 2 is 2.26 bits per heavy atom. The van der Waals surface area contributed by atoms with Crippen molar-refractivity contribution in [3.63, 3.8) is 0 Å². The van der Waals surface area contributed by atoms with Crippen molar-refractivity contribution in [2.24, 2.45) is 11.8 Å². The van der Waals surface area contributed by atoms with Crippen LogP contribution in [0, 0.1) is 23.2 Å². The maximum atomic E-state index is 12.7. The maximum absolute atomic E-state index is 12.7. The lowest BCUT2D eigenvalue weighted by Gasteiger charge is -2.47. The number of benzene rings is 1. The van der Waals surface area contributed by atoms with Crippen LogP contribution in [0.25, 0.3) is 0 Å². The standard InChI is InChI=1S/C21H19N3O3/c1-12-17-7-6-14-11-23-24-19(14)21(17,9-15(10-22)18(12)25)16-5-3-4-13(8-16)20(26)27-2/h3-5,8-9,11-12,17H,6-7H2,1-2H3,(H,23,24)/t12-,17+,21-/m0/s1. The summed E-state index contributed by atoms with van der Waals surface area (Å²) in [6.07, 6.45) is 5.20. The summed E-state index contributed by atoms with van der Waals surface area (Å²) in [5.41, 5.74) is 2.72. The van der Waals surface area contributed by atoms with Gasteiger partial charge in [-0.15, -0.1) is 0 Å². The lowest BCUT2D eigenvalue weighted by Crippen LogP contribution is -2.48. The van der Waals surface area contributed by atoms with Crippen LogP contribution in [0.5, 0.6) is 0 Å². The number of nitrogens with zero attached hydrogens (tertiary/aromatic N) is 2. The third kappa shape index (κ3) is 2.35. The summed E-state index contributed by atoms with van der Waals surface area (Å²) in [5, 5.41) is 16.9. The SMILES string of the molecule is COC(=O)c1cccc([C@@]23C=C(C#N)C(=O)[C@@H](C)[C@H]2CCc2cn[nH]c23)c1. The molecule has 2 aromatic rings. The molecule has 0 saturated carbocycles. The molecule has 2 aliphatic rings. The Balaban J connectivity index is 2.03. The minimum atomic E-state index is -0.702. The third-order valence-corrected chi connectivity index (χ3v) is 5.98. The first kappa shape index (κ1) is 17.2.